The van der Waals surface area contributed by atoms with Crippen molar-refractivity contribution in [1.82, 2.24) is 5.32 Å². The molecule has 1 aromatic rings. The van der Waals surface area contributed by atoms with E-state index in [-0.39, 0.29) is 0 Å². The molecule has 0 aromatic heterocycles. The summed E-state index contributed by atoms with van der Waals surface area (Å²) in [5.41, 5.74) is 0.384. The normalized spacial score (nSPS) is 17.7. The minimum absolute atomic E-state index is 0.604. The van der Waals surface area contributed by atoms with Crippen molar-refractivity contribution in [3.63, 3.8) is 0 Å². The van der Waals surface area contributed by atoms with E-state index < -0.39 is 5.60 Å². The number of rotatable bonds is 4. The van der Waals surface area contributed by atoms with Crippen molar-refractivity contribution < 1.29 is 14.6 Å². The zero-order chi connectivity index (χ0) is 11.6. The number of nitrogens with one attached hydrogen (secondary N) is 1. The van der Waals surface area contributed by atoms with Crippen molar-refractivity contribution >= 4 is 0 Å². The molecule has 16 heavy (non-hydrogen) atoms. The van der Waals surface area contributed by atoms with Crippen LogP contribution in [-0.4, -0.2) is 38.0 Å². The van der Waals surface area contributed by atoms with Crippen LogP contribution in [0.4, 0.5) is 0 Å². The number of aliphatic hydroxyl groups is 1. The van der Waals surface area contributed by atoms with Gasteiger partial charge in [0.25, 0.3) is 0 Å². The molecule has 1 heterocycles. The lowest BCUT2D eigenvalue weighted by atomic mass is 9.89. The minimum Gasteiger partial charge on any atom is -0.497 e. The van der Waals surface area contributed by atoms with Gasteiger partial charge >= 0.3 is 0 Å². The van der Waals surface area contributed by atoms with E-state index in [9.17, 15) is 5.11 Å². The molecular formula is C12H17NO3. The standard InChI is InChI=1S/C12H17NO3/c1-15-10-4-3-9(11(5-10)16-2)6-12(14)7-13-8-12/h3-5,13-14H,6-8H2,1-2H3. The van der Waals surface area contributed by atoms with Gasteiger partial charge in [-0.3, -0.25) is 0 Å². The van der Waals surface area contributed by atoms with E-state index in [2.05, 4.69) is 5.32 Å². The van der Waals surface area contributed by atoms with Gasteiger partial charge in [-0.15, -0.1) is 0 Å². The number of β-amino-alcohol motifs (C(OH)–C–C–N with tert-alkyl or cyclic N) is 1. The molecule has 2 rings (SSSR count). The van der Waals surface area contributed by atoms with Crippen molar-refractivity contribution in [2.75, 3.05) is 27.3 Å². The molecule has 0 bridgehead atoms. The van der Waals surface area contributed by atoms with E-state index >= 15 is 0 Å². The Morgan fingerprint density at radius 2 is 2.06 bits per heavy atom. The molecule has 0 saturated carbocycles. The maximum Gasteiger partial charge on any atom is 0.125 e. The Balaban J connectivity index is 2.19. The summed E-state index contributed by atoms with van der Waals surface area (Å²) in [6.45, 7) is 1.28. The fourth-order valence-electron chi connectivity index (χ4n) is 1.89. The van der Waals surface area contributed by atoms with Gasteiger partial charge in [0.2, 0.25) is 0 Å². The largest absolute Gasteiger partial charge is 0.497 e. The van der Waals surface area contributed by atoms with Crippen molar-refractivity contribution in [3.8, 4) is 11.5 Å². The Morgan fingerprint density at radius 3 is 2.56 bits per heavy atom. The highest BCUT2D eigenvalue weighted by Crippen LogP contribution is 2.28. The van der Waals surface area contributed by atoms with Crippen LogP contribution in [0.15, 0.2) is 18.2 Å². The highest BCUT2D eigenvalue weighted by molar-refractivity contribution is 5.41. The Morgan fingerprint density at radius 1 is 1.31 bits per heavy atom. The van der Waals surface area contributed by atoms with Crippen molar-refractivity contribution in [2.45, 2.75) is 12.0 Å². The third-order valence-corrected chi connectivity index (χ3v) is 2.92. The first kappa shape index (κ1) is 11.2. The van der Waals surface area contributed by atoms with Gasteiger partial charge in [0.1, 0.15) is 11.5 Å². The Labute approximate surface area is 95.2 Å². The van der Waals surface area contributed by atoms with Crippen LogP contribution in [0.5, 0.6) is 11.5 Å². The summed E-state index contributed by atoms with van der Waals surface area (Å²) in [6, 6.07) is 5.66. The molecule has 0 unspecified atom stereocenters. The van der Waals surface area contributed by atoms with E-state index in [1.807, 2.05) is 18.2 Å². The van der Waals surface area contributed by atoms with E-state index in [1.54, 1.807) is 14.2 Å². The molecule has 1 aliphatic heterocycles. The fourth-order valence-corrected chi connectivity index (χ4v) is 1.89. The van der Waals surface area contributed by atoms with Gasteiger partial charge in [0.15, 0.2) is 0 Å². The summed E-state index contributed by atoms with van der Waals surface area (Å²) in [5, 5.41) is 13.1. The second-order valence-electron chi connectivity index (χ2n) is 4.18. The first-order valence-electron chi connectivity index (χ1n) is 5.31. The van der Waals surface area contributed by atoms with Crippen LogP contribution < -0.4 is 14.8 Å². The second-order valence-corrected chi connectivity index (χ2v) is 4.18. The lowest BCUT2D eigenvalue weighted by Gasteiger charge is -2.38. The van der Waals surface area contributed by atoms with Gasteiger partial charge in [-0.05, 0) is 11.6 Å². The Kier molecular flexibility index (Phi) is 3.03. The van der Waals surface area contributed by atoms with Crippen molar-refractivity contribution in [1.29, 1.82) is 0 Å². The van der Waals surface area contributed by atoms with E-state index in [4.69, 9.17) is 9.47 Å². The third kappa shape index (κ3) is 2.13. The summed E-state index contributed by atoms with van der Waals surface area (Å²) >= 11 is 0. The molecule has 1 aromatic carbocycles. The first-order chi connectivity index (χ1) is 7.67. The molecule has 1 fully saturated rings. The minimum atomic E-state index is -0.623. The quantitative estimate of drug-likeness (QED) is 0.784. The summed E-state index contributed by atoms with van der Waals surface area (Å²) in [4.78, 5) is 0. The molecule has 2 N–H and O–H groups in total. The van der Waals surface area contributed by atoms with Crippen LogP contribution in [0.3, 0.4) is 0 Å². The van der Waals surface area contributed by atoms with E-state index in [0.29, 0.717) is 19.5 Å². The van der Waals surface area contributed by atoms with Crippen LogP contribution in [0.25, 0.3) is 0 Å². The fraction of sp³-hybridized carbons (Fsp3) is 0.500. The predicted octanol–water partition coefficient (Wildman–Crippen LogP) is 0.581. The number of benzene rings is 1. The zero-order valence-corrected chi connectivity index (χ0v) is 9.62. The Hall–Kier alpha value is -1.26. The average Bonchev–Trinajstić information content (AvgIpc) is 2.27. The molecule has 4 heteroatoms. The van der Waals surface area contributed by atoms with Gasteiger partial charge in [-0.2, -0.15) is 0 Å². The molecule has 0 atom stereocenters. The molecule has 0 aliphatic carbocycles. The number of methoxy groups -OCH3 is 2. The van der Waals surface area contributed by atoms with Gasteiger partial charge in [0.05, 0.1) is 19.8 Å². The second kappa shape index (κ2) is 4.31. The van der Waals surface area contributed by atoms with Gasteiger partial charge in [-0.1, -0.05) is 6.07 Å². The number of hydrogen-bond acceptors (Lipinski definition) is 4. The summed E-state index contributed by atoms with van der Waals surface area (Å²) in [5.74, 6) is 1.53. The summed E-state index contributed by atoms with van der Waals surface area (Å²) < 4.78 is 10.4. The average molecular weight is 223 g/mol. The van der Waals surface area contributed by atoms with Crippen LogP contribution in [0.1, 0.15) is 5.56 Å². The molecule has 0 amide bonds. The van der Waals surface area contributed by atoms with Crippen LogP contribution in [-0.2, 0) is 6.42 Å². The zero-order valence-electron chi connectivity index (χ0n) is 9.62. The third-order valence-electron chi connectivity index (χ3n) is 2.92. The molecule has 1 saturated heterocycles. The Bertz CT molecular complexity index is 375. The van der Waals surface area contributed by atoms with Crippen molar-refractivity contribution in [3.05, 3.63) is 23.8 Å². The first-order valence-corrected chi connectivity index (χ1v) is 5.31. The highest BCUT2D eigenvalue weighted by atomic mass is 16.5. The van der Waals surface area contributed by atoms with E-state index in [0.717, 1.165) is 17.1 Å². The van der Waals surface area contributed by atoms with Crippen LogP contribution in [0.2, 0.25) is 0 Å². The summed E-state index contributed by atoms with van der Waals surface area (Å²) in [7, 11) is 3.25. The molecule has 88 valence electrons. The van der Waals surface area contributed by atoms with Gasteiger partial charge in [0, 0.05) is 25.6 Å². The van der Waals surface area contributed by atoms with E-state index in [1.165, 1.54) is 0 Å². The monoisotopic (exact) mass is 223 g/mol. The smallest absolute Gasteiger partial charge is 0.125 e. The molecule has 0 spiro atoms. The lowest BCUT2D eigenvalue weighted by molar-refractivity contribution is -0.00944. The highest BCUT2D eigenvalue weighted by Gasteiger charge is 2.35. The molecule has 1 aliphatic rings. The van der Waals surface area contributed by atoms with Crippen molar-refractivity contribution in [2.24, 2.45) is 0 Å². The molecule has 0 radical (unpaired) electrons. The SMILES string of the molecule is COc1ccc(CC2(O)CNC2)c(OC)c1. The van der Waals surface area contributed by atoms with Gasteiger partial charge < -0.3 is 19.9 Å². The number of ether oxygens (including phenoxy) is 2. The van der Waals surface area contributed by atoms with Crippen LogP contribution in [0, 0.1) is 0 Å². The van der Waals surface area contributed by atoms with Crippen LogP contribution >= 0.6 is 0 Å². The topological polar surface area (TPSA) is 50.7 Å². The maximum absolute atomic E-state index is 10.1. The number of hydrogen-bond donors (Lipinski definition) is 2. The molecular weight excluding hydrogens is 206 g/mol. The predicted molar refractivity (Wildman–Crippen MR) is 61.1 cm³/mol. The maximum atomic E-state index is 10.1. The lowest BCUT2D eigenvalue weighted by Crippen LogP contribution is -2.60. The summed E-state index contributed by atoms with van der Waals surface area (Å²) in [6.07, 6.45) is 0.604. The van der Waals surface area contributed by atoms with Gasteiger partial charge in [-0.25, -0.2) is 0 Å². The molecule has 4 nitrogen and oxygen atoms in total.